The van der Waals surface area contributed by atoms with E-state index in [0.717, 1.165) is 0 Å². The Hall–Kier alpha value is -3.98. The summed E-state index contributed by atoms with van der Waals surface area (Å²) in [7, 11) is 0. The number of para-hydroxylation sites is 1. The van der Waals surface area contributed by atoms with Crippen LogP contribution in [0.1, 0.15) is 9.67 Å². The number of thiophene rings is 1. The molecule has 0 unspecified atom stereocenters. The maximum absolute atomic E-state index is 12.5. The van der Waals surface area contributed by atoms with Crippen LogP contribution in [0.3, 0.4) is 0 Å². The topological polar surface area (TPSA) is 113 Å². The molecule has 2 aromatic heterocycles. The van der Waals surface area contributed by atoms with E-state index in [1.807, 2.05) is 5.38 Å². The quantitative estimate of drug-likeness (QED) is 0.461. The summed E-state index contributed by atoms with van der Waals surface area (Å²) in [6.07, 6.45) is 0. The van der Waals surface area contributed by atoms with Crippen LogP contribution in [0.4, 0.5) is 11.4 Å². The van der Waals surface area contributed by atoms with Crippen molar-refractivity contribution in [2.24, 2.45) is 0 Å². The molecule has 0 aliphatic rings. The molecule has 30 heavy (non-hydrogen) atoms. The summed E-state index contributed by atoms with van der Waals surface area (Å²) in [6.45, 7) is -0.276. The zero-order valence-electron chi connectivity index (χ0n) is 15.5. The number of hydrogen-bond acceptors (Lipinski definition) is 5. The van der Waals surface area contributed by atoms with Gasteiger partial charge in [-0.25, -0.2) is 4.79 Å². The molecule has 150 valence electrons. The van der Waals surface area contributed by atoms with Crippen molar-refractivity contribution < 1.29 is 9.59 Å². The number of aromatic nitrogens is 2. The first-order valence-corrected chi connectivity index (χ1v) is 9.86. The van der Waals surface area contributed by atoms with Gasteiger partial charge in [-0.1, -0.05) is 24.3 Å². The average Bonchev–Trinajstić information content (AvgIpc) is 3.26. The van der Waals surface area contributed by atoms with E-state index in [2.05, 4.69) is 15.6 Å². The Labute approximate surface area is 173 Å². The first-order valence-electron chi connectivity index (χ1n) is 8.98. The third kappa shape index (κ3) is 4.06. The van der Waals surface area contributed by atoms with Gasteiger partial charge >= 0.3 is 5.69 Å². The summed E-state index contributed by atoms with van der Waals surface area (Å²) in [6, 6.07) is 16.8. The van der Waals surface area contributed by atoms with Gasteiger partial charge in [0.2, 0.25) is 5.91 Å². The average molecular weight is 420 g/mol. The van der Waals surface area contributed by atoms with Crippen LogP contribution in [-0.2, 0) is 11.3 Å². The zero-order chi connectivity index (χ0) is 21.1. The van der Waals surface area contributed by atoms with Crippen molar-refractivity contribution in [3.05, 3.63) is 91.8 Å². The maximum atomic E-state index is 12.5. The van der Waals surface area contributed by atoms with Crippen molar-refractivity contribution in [2.75, 3.05) is 10.6 Å². The first kappa shape index (κ1) is 19.3. The lowest BCUT2D eigenvalue weighted by molar-refractivity contribution is -0.116. The summed E-state index contributed by atoms with van der Waals surface area (Å²) < 4.78 is 1.20. The van der Waals surface area contributed by atoms with Gasteiger partial charge in [-0.3, -0.25) is 23.9 Å². The minimum absolute atomic E-state index is 0.236. The molecule has 0 radical (unpaired) electrons. The highest BCUT2D eigenvalue weighted by Gasteiger charge is 2.12. The second-order valence-corrected chi connectivity index (χ2v) is 7.37. The van der Waals surface area contributed by atoms with Crippen molar-refractivity contribution in [3.63, 3.8) is 0 Å². The van der Waals surface area contributed by atoms with Gasteiger partial charge in [-0.05, 0) is 41.8 Å². The van der Waals surface area contributed by atoms with Crippen LogP contribution in [0.2, 0.25) is 0 Å². The Morgan fingerprint density at radius 2 is 1.70 bits per heavy atom. The van der Waals surface area contributed by atoms with E-state index in [-0.39, 0.29) is 12.5 Å². The van der Waals surface area contributed by atoms with Gasteiger partial charge in [0, 0.05) is 11.4 Å². The number of rotatable bonds is 5. The molecule has 2 aromatic carbocycles. The van der Waals surface area contributed by atoms with Gasteiger partial charge in [0.1, 0.15) is 6.54 Å². The van der Waals surface area contributed by atoms with E-state index in [9.17, 15) is 19.2 Å². The molecule has 0 spiro atoms. The Bertz CT molecular complexity index is 1360. The number of benzene rings is 2. The number of aromatic amines is 1. The highest BCUT2D eigenvalue weighted by Crippen LogP contribution is 2.18. The largest absolute Gasteiger partial charge is 0.329 e. The van der Waals surface area contributed by atoms with Gasteiger partial charge in [0.25, 0.3) is 11.5 Å². The van der Waals surface area contributed by atoms with Crippen LogP contribution >= 0.6 is 11.3 Å². The molecule has 4 aromatic rings. The van der Waals surface area contributed by atoms with Crippen molar-refractivity contribution in [1.82, 2.24) is 9.55 Å². The van der Waals surface area contributed by atoms with Crippen LogP contribution < -0.4 is 21.9 Å². The molecule has 9 heteroatoms. The van der Waals surface area contributed by atoms with Crippen molar-refractivity contribution in [2.45, 2.75) is 6.54 Å². The highest BCUT2D eigenvalue weighted by molar-refractivity contribution is 7.12. The SMILES string of the molecule is O=C(Cn1c(=O)[nH]c(=O)c2ccccc21)Nc1cccc(NC(=O)c2cccs2)c1. The second kappa shape index (κ2) is 8.18. The van der Waals surface area contributed by atoms with Crippen LogP contribution in [0.15, 0.2) is 75.6 Å². The number of nitrogens with one attached hydrogen (secondary N) is 3. The van der Waals surface area contributed by atoms with Crippen molar-refractivity contribution in [1.29, 1.82) is 0 Å². The third-order valence-corrected chi connectivity index (χ3v) is 5.22. The normalized spacial score (nSPS) is 10.7. The number of carbonyl (C=O) groups is 2. The molecule has 4 rings (SSSR count). The minimum Gasteiger partial charge on any atom is -0.324 e. The Morgan fingerprint density at radius 3 is 2.47 bits per heavy atom. The van der Waals surface area contributed by atoms with Gasteiger partial charge in [0.15, 0.2) is 0 Å². The molecule has 0 atom stereocenters. The standard InChI is InChI=1S/C21H16N4O4S/c26-18(12-25-16-8-2-1-7-15(16)19(27)24-21(25)29)22-13-5-3-6-14(11-13)23-20(28)17-9-4-10-30-17/h1-11H,12H2,(H,22,26)(H,23,28)(H,24,27,29). The minimum atomic E-state index is -0.661. The number of carbonyl (C=O) groups excluding carboxylic acids is 2. The summed E-state index contributed by atoms with van der Waals surface area (Å²) in [5.41, 5.74) is 0.203. The Kier molecular flexibility index (Phi) is 5.27. The van der Waals surface area contributed by atoms with Gasteiger partial charge < -0.3 is 10.6 Å². The smallest absolute Gasteiger partial charge is 0.324 e. The lowest BCUT2D eigenvalue weighted by Gasteiger charge is -2.11. The van der Waals surface area contributed by atoms with E-state index in [1.165, 1.54) is 15.9 Å². The predicted octanol–water partition coefficient (Wildman–Crippen LogP) is 2.64. The zero-order valence-corrected chi connectivity index (χ0v) is 16.4. The van der Waals surface area contributed by atoms with E-state index in [4.69, 9.17) is 0 Å². The molecule has 0 saturated heterocycles. The van der Waals surface area contributed by atoms with E-state index in [0.29, 0.717) is 27.2 Å². The fourth-order valence-corrected chi connectivity index (χ4v) is 3.64. The molecule has 0 fully saturated rings. The van der Waals surface area contributed by atoms with E-state index < -0.39 is 17.2 Å². The van der Waals surface area contributed by atoms with Crippen LogP contribution in [0, 0.1) is 0 Å². The van der Waals surface area contributed by atoms with Gasteiger partial charge in [-0.15, -0.1) is 11.3 Å². The summed E-state index contributed by atoms with van der Waals surface area (Å²) in [5.74, 6) is -0.684. The lowest BCUT2D eigenvalue weighted by atomic mass is 10.2. The summed E-state index contributed by atoms with van der Waals surface area (Å²) >= 11 is 1.33. The van der Waals surface area contributed by atoms with E-state index in [1.54, 1.807) is 60.7 Å². The molecule has 0 aliphatic heterocycles. The molecule has 8 nitrogen and oxygen atoms in total. The third-order valence-electron chi connectivity index (χ3n) is 4.36. The first-order chi connectivity index (χ1) is 14.5. The number of fused-ring (bicyclic) bond motifs is 1. The van der Waals surface area contributed by atoms with Crippen molar-refractivity contribution >= 4 is 45.4 Å². The number of nitrogens with zero attached hydrogens (tertiary/aromatic N) is 1. The summed E-state index contributed by atoms with van der Waals surface area (Å²) in [4.78, 5) is 51.7. The molecular formula is C21H16N4O4S. The monoisotopic (exact) mass is 420 g/mol. The number of hydrogen-bond donors (Lipinski definition) is 3. The Morgan fingerprint density at radius 1 is 0.933 bits per heavy atom. The second-order valence-electron chi connectivity index (χ2n) is 6.42. The predicted molar refractivity (Wildman–Crippen MR) is 116 cm³/mol. The molecule has 3 N–H and O–H groups in total. The fourth-order valence-electron chi connectivity index (χ4n) is 3.02. The highest BCUT2D eigenvalue weighted by atomic mass is 32.1. The molecule has 0 saturated carbocycles. The van der Waals surface area contributed by atoms with Crippen LogP contribution in [0.5, 0.6) is 0 Å². The molecule has 2 amide bonds. The molecule has 0 bridgehead atoms. The Balaban J connectivity index is 1.52. The van der Waals surface area contributed by atoms with Crippen LogP contribution in [0.25, 0.3) is 10.9 Å². The van der Waals surface area contributed by atoms with Gasteiger partial charge in [0.05, 0.1) is 15.8 Å². The number of anilines is 2. The summed E-state index contributed by atoms with van der Waals surface area (Å²) in [5, 5.41) is 7.61. The molecular weight excluding hydrogens is 404 g/mol. The lowest BCUT2D eigenvalue weighted by Crippen LogP contribution is -2.34. The molecule has 0 aliphatic carbocycles. The van der Waals surface area contributed by atoms with Gasteiger partial charge in [-0.2, -0.15) is 0 Å². The fraction of sp³-hybridized carbons (Fsp3) is 0.0476. The van der Waals surface area contributed by atoms with Crippen LogP contribution in [-0.4, -0.2) is 21.4 Å². The molecule has 2 heterocycles. The number of H-pyrrole nitrogens is 1. The van der Waals surface area contributed by atoms with E-state index >= 15 is 0 Å². The number of amides is 2. The van der Waals surface area contributed by atoms with Crippen molar-refractivity contribution in [3.8, 4) is 0 Å². The maximum Gasteiger partial charge on any atom is 0.329 e.